The summed E-state index contributed by atoms with van der Waals surface area (Å²) in [5.74, 6) is -0.237. The normalized spacial score (nSPS) is 10.7. The van der Waals surface area contributed by atoms with Crippen molar-refractivity contribution in [1.29, 1.82) is 0 Å². The lowest BCUT2D eigenvalue weighted by Gasteiger charge is -2.02. The van der Waals surface area contributed by atoms with Gasteiger partial charge in [-0.25, -0.2) is 5.43 Å². The maximum absolute atomic E-state index is 11.9. The van der Waals surface area contributed by atoms with E-state index in [4.69, 9.17) is 0 Å². The van der Waals surface area contributed by atoms with E-state index in [2.05, 4.69) is 45.5 Å². The molecule has 0 aliphatic heterocycles. The lowest BCUT2D eigenvalue weighted by molar-refractivity contribution is 0.0954. The Kier molecular flexibility index (Phi) is 5.07. The molecule has 1 N–H and O–H groups in total. The zero-order valence-corrected chi connectivity index (χ0v) is 12.7. The van der Waals surface area contributed by atoms with Crippen molar-refractivity contribution in [2.75, 3.05) is 0 Å². The first kappa shape index (κ1) is 14.5. The molecular formula is C16H15BrN2O. The number of carbonyl (C=O) groups excluding carboxylic acids is 1. The van der Waals surface area contributed by atoms with Crippen LogP contribution in [-0.4, -0.2) is 12.1 Å². The topological polar surface area (TPSA) is 41.5 Å². The van der Waals surface area contributed by atoms with Gasteiger partial charge in [-0.15, -0.1) is 0 Å². The standard InChI is InChI=1S/C16H15BrN2O/c1-2-12-7-9-13(10-8-12)11-18-19-16(20)14-5-3-4-6-15(14)17/h3-11H,2H2,1H3,(H,19,20)/b18-11+. The van der Waals surface area contributed by atoms with Crippen molar-refractivity contribution in [2.24, 2.45) is 5.10 Å². The Morgan fingerprint density at radius 2 is 1.90 bits per heavy atom. The summed E-state index contributed by atoms with van der Waals surface area (Å²) in [5, 5.41) is 3.97. The number of hydrogen-bond donors (Lipinski definition) is 1. The van der Waals surface area contributed by atoms with E-state index < -0.39 is 0 Å². The van der Waals surface area contributed by atoms with Gasteiger partial charge in [-0.1, -0.05) is 43.3 Å². The third-order valence-corrected chi connectivity index (χ3v) is 3.58. The predicted octanol–water partition coefficient (Wildman–Crippen LogP) is 3.78. The van der Waals surface area contributed by atoms with E-state index in [-0.39, 0.29) is 5.91 Å². The molecule has 0 bridgehead atoms. The van der Waals surface area contributed by atoms with Gasteiger partial charge in [0.1, 0.15) is 0 Å². The molecule has 0 atom stereocenters. The first-order chi connectivity index (χ1) is 9.70. The number of amides is 1. The Morgan fingerprint density at radius 1 is 1.20 bits per heavy atom. The molecule has 0 saturated carbocycles. The van der Waals surface area contributed by atoms with Gasteiger partial charge in [-0.05, 0) is 45.6 Å². The Hall–Kier alpha value is -1.94. The summed E-state index contributed by atoms with van der Waals surface area (Å²) in [6.07, 6.45) is 2.64. The highest BCUT2D eigenvalue weighted by molar-refractivity contribution is 9.10. The molecule has 0 aliphatic rings. The van der Waals surface area contributed by atoms with Gasteiger partial charge >= 0.3 is 0 Å². The summed E-state index contributed by atoms with van der Waals surface area (Å²) in [5.41, 5.74) is 5.31. The zero-order valence-electron chi connectivity index (χ0n) is 11.1. The van der Waals surface area contributed by atoms with Crippen LogP contribution in [0, 0.1) is 0 Å². The van der Waals surface area contributed by atoms with Crippen LogP contribution in [0.2, 0.25) is 0 Å². The second-order valence-electron chi connectivity index (χ2n) is 4.27. The average Bonchev–Trinajstić information content (AvgIpc) is 2.48. The van der Waals surface area contributed by atoms with E-state index in [9.17, 15) is 4.79 Å². The fraction of sp³-hybridized carbons (Fsp3) is 0.125. The summed E-state index contributed by atoms with van der Waals surface area (Å²) in [4.78, 5) is 11.9. The van der Waals surface area contributed by atoms with Gasteiger partial charge in [0.15, 0.2) is 0 Å². The summed E-state index contributed by atoms with van der Waals surface area (Å²) < 4.78 is 0.750. The van der Waals surface area contributed by atoms with Crippen LogP contribution in [0.3, 0.4) is 0 Å². The largest absolute Gasteiger partial charge is 0.272 e. The summed E-state index contributed by atoms with van der Waals surface area (Å²) in [6, 6.07) is 15.3. The van der Waals surface area contributed by atoms with Crippen LogP contribution >= 0.6 is 15.9 Å². The molecule has 1 amide bonds. The minimum atomic E-state index is -0.237. The van der Waals surface area contributed by atoms with Crippen LogP contribution in [0.5, 0.6) is 0 Å². The molecule has 3 nitrogen and oxygen atoms in total. The lowest BCUT2D eigenvalue weighted by Crippen LogP contribution is -2.18. The number of hydrazone groups is 1. The summed E-state index contributed by atoms with van der Waals surface area (Å²) in [7, 11) is 0. The Balaban J connectivity index is 1.99. The number of hydrogen-bond acceptors (Lipinski definition) is 2. The minimum Gasteiger partial charge on any atom is -0.267 e. The maximum Gasteiger partial charge on any atom is 0.272 e. The van der Waals surface area contributed by atoms with Crippen molar-refractivity contribution >= 4 is 28.1 Å². The number of halogens is 1. The minimum absolute atomic E-state index is 0.237. The number of carbonyl (C=O) groups is 1. The molecule has 20 heavy (non-hydrogen) atoms. The molecule has 0 spiro atoms. The number of nitrogens with one attached hydrogen (secondary N) is 1. The van der Waals surface area contributed by atoms with Crippen molar-refractivity contribution < 1.29 is 4.79 Å². The average molecular weight is 331 g/mol. The van der Waals surface area contributed by atoms with Gasteiger partial charge in [-0.3, -0.25) is 4.79 Å². The third kappa shape index (κ3) is 3.78. The number of nitrogens with zero attached hydrogens (tertiary/aromatic N) is 1. The van der Waals surface area contributed by atoms with Crippen LogP contribution in [0.1, 0.15) is 28.4 Å². The number of rotatable bonds is 4. The van der Waals surface area contributed by atoms with Gasteiger partial charge < -0.3 is 0 Å². The van der Waals surface area contributed by atoms with Crippen molar-refractivity contribution in [3.05, 3.63) is 69.7 Å². The molecule has 2 aromatic carbocycles. The van der Waals surface area contributed by atoms with Gasteiger partial charge in [0.2, 0.25) is 0 Å². The molecule has 2 rings (SSSR count). The maximum atomic E-state index is 11.9. The molecule has 0 radical (unpaired) electrons. The first-order valence-electron chi connectivity index (χ1n) is 6.37. The van der Waals surface area contributed by atoms with Crippen LogP contribution < -0.4 is 5.43 Å². The van der Waals surface area contributed by atoms with Crippen molar-refractivity contribution in [2.45, 2.75) is 13.3 Å². The van der Waals surface area contributed by atoms with E-state index in [0.717, 1.165) is 16.5 Å². The fourth-order valence-electron chi connectivity index (χ4n) is 1.71. The van der Waals surface area contributed by atoms with Gasteiger partial charge in [0, 0.05) is 4.47 Å². The highest BCUT2D eigenvalue weighted by Gasteiger charge is 2.07. The molecule has 0 heterocycles. The Labute approximate surface area is 126 Å². The molecule has 0 aromatic heterocycles. The van der Waals surface area contributed by atoms with Crippen LogP contribution in [-0.2, 0) is 6.42 Å². The molecule has 4 heteroatoms. The van der Waals surface area contributed by atoms with E-state index >= 15 is 0 Å². The summed E-state index contributed by atoms with van der Waals surface area (Å²) >= 11 is 3.34. The lowest BCUT2D eigenvalue weighted by atomic mass is 10.1. The molecule has 0 fully saturated rings. The highest BCUT2D eigenvalue weighted by Crippen LogP contribution is 2.15. The second kappa shape index (κ2) is 7.01. The SMILES string of the molecule is CCc1ccc(/C=N/NC(=O)c2ccccc2Br)cc1. The second-order valence-corrected chi connectivity index (χ2v) is 5.13. The zero-order chi connectivity index (χ0) is 14.4. The molecule has 102 valence electrons. The molecule has 0 aliphatic carbocycles. The van der Waals surface area contributed by atoms with Crippen LogP contribution in [0.15, 0.2) is 58.1 Å². The van der Waals surface area contributed by atoms with Gasteiger partial charge in [-0.2, -0.15) is 5.10 Å². The van der Waals surface area contributed by atoms with Crippen molar-refractivity contribution in [3.8, 4) is 0 Å². The molecule has 2 aromatic rings. The van der Waals surface area contributed by atoms with Gasteiger partial charge in [0.05, 0.1) is 11.8 Å². The Morgan fingerprint density at radius 3 is 2.55 bits per heavy atom. The monoisotopic (exact) mass is 330 g/mol. The van der Waals surface area contributed by atoms with Crippen molar-refractivity contribution in [3.63, 3.8) is 0 Å². The van der Waals surface area contributed by atoms with Crippen LogP contribution in [0.25, 0.3) is 0 Å². The third-order valence-electron chi connectivity index (χ3n) is 2.89. The van der Waals surface area contributed by atoms with E-state index in [1.165, 1.54) is 5.56 Å². The molecular weight excluding hydrogens is 316 g/mol. The number of benzene rings is 2. The summed E-state index contributed by atoms with van der Waals surface area (Å²) in [6.45, 7) is 2.11. The molecule has 0 saturated heterocycles. The smallest absolute Gasteiger partial charge is 0.267 e. The van der Waals surface area contributed by atoms with Crippen LogP contribution in [0.4, 0.5) is 0 Å². The predicted molar refractivity (Wildman–Crippen MR) is 85.0 cm³/mol. The van der Waals surface area contributed by atoms with Crippen molar-refractivity contribution in [1.82, 2.24) is 5.43 Å². The van der Waals surface area contributed by atoms with E-state index in [1.807, 2.05) is 30.3 Å². The van der Waals surface area contributed by atoms with E-state index in [0.29, 0.717) is 5.56 Å². The Bertz CT molecular complexity index is 621. The number of aryl methyl sites for hydroxylation is 1. The molecule has 0 unspecified atom stereocenters. The van der Waals surface area contributed by atoms with Gasteiger partial charge in [0.25, 0.3) is 5.91 Å². The van der Waals surface area contributed by atoms with E-state index in [1.54, 1.807) is 12.3 Å². The first-order valence-corrected chi connectivity index (χ1v) is 7.17. The fourth-order valence-corrected chi connectivity index (χ4v) is 2.18. The highest BCUT2D eigenvalue weighted by atomic mass is 79.9. The quantitative estimate of drug-likeness (QED) is 0.672.